The van der Waals surface area contributed by atoms with Crippen molar-refractivity contribution in [3.63, 3.8) is 0 Å². The van der Waals surface area contributed by atoms with E-state index in [0.29, 0.717) is 17.1 Å². The molecule has 0 saturated carbocycles. The monoisotopic (exact) mass is 420 g/mol. The first kappa shape index (κ1) is 19.9. The Bertz CT molecular complexity index is 1170. The van der Waals surface area contributed by atoms with Crippen LogP contribution in [0.2, 0.25) is 5.02 Å². The SMILES string of the molecule is COc1ccc(-c2cc(-c3cc(Cl)ccc3O)n(Cc3ccccc3OC)n2)cc1. The van der Waals surface area contributed by atoms with E-state index in [0.717, 1.165) is 34.0 Å². The van der Waals surface area contributed by atoms with Crippen LogP contribution in [0.1, 0.15) is 5.56 Å². The van der Waals surface area contributed by atoms with Crippen molar-refractivity contribution in [2.75, 3.05) is 14.2 Å². The normalized spacial score (nSPS) is 10.8. The van der Waals surface area contributed by atoms with Crippen LogP contribution in [0.15, 0.2) is 72.8 Å². The number of aromatic hydroxyl groups is 1. The molecule has 0 fully saturated rings. The van der Waals surface area contributed by atoms with Crippen LogP contribution in [0, 0.1) is 0 Å². The first-order valence-corrected chi connectivity index (χ1v) is 9.80. The zero-order valence-corrected chi connectivity index (χ0v) is 17.4. The van der Waals surface area contributed by atoms with Crippen molar-refractivity contribution in [1.29, 1.82) is 0 Å². The fourth-order valence-electron chi connectivity index (χ4n) is 3.37. The van der Waals surface area contributed by atoms with Crippen LogP contribution in [0.5, 0.6) is 17.2 Å². The Morgan fingerprint density at radius 3 is 2.43 bits per heavy atom. The molecule has 152 valence electrons. The molecule has 6 heteroatoms. The van der Waals surface area contributed by atoms with Crippen LogP contribution in [-0.2, 0) is 6.54 Å². The summed E-state index contributed by atoms with van der Waals surface area (Å²) in [5.74, 6) is 1.70. The Morgan fingerprint density at radius 2 is 1.70 bits per heavy atom. The summed E-state index contributed by atoms with van der Waals surface area (Å²) in [6.45, 7) is 0.474. The number of halogens is 1. The number of nitrogens with zero attached hydrogens (tertiary/aromatic N) is 2. The third kappa shape index (κ3) is 3.98. The summed E-state index contributed by atoms with van der Waals surface area (Å²) >= 11 is 6.21. The standard InChI is InChI=1S/C24H21ClN2O3/c1-29-19-10-7-16(8-11-19)21-14-22(20-13-18(25)9-12-23(20)28)27(26-21)15-17-5-3-4-6-24(17)30-2/h3-14,28H,15H2,1-2H3. The van der Waals surface area contributed by atoms with Crippen LogP contribution in [0.25, 0.3) is 22.5 Å². The molecule has 0 spiro atoms. The summed E-state index contributed by atoms with van der Waals surface area (Å²) in [6, 6.07) is 22.4. The van der Waals surface area contributed by atoms with Crippen LogP contribution in [0.4, 0.5) is 0 Å². The fourth-order valence-corrected chi connectivity index (χ4v) is 3.54. The van der Waals surface area contributed by atoms with E-state index in [-0.39, 0.29) is 5.75 Å². The lowest BCUT2D eigenvalue weighted by atomic mass is 10.1. The van der Waals surface area contributed by atoms with Gasteiger partial charge in [0.2, 0.25) is 0 Å². The van der Waals surface area contributed by atoms with Gasteiger partial charge in [0.25, 0.3) is 0 Å². The van der Waals surface area contributed by atoms with Crippen LogP contribution in [0.3, 0.4) is 0 Å². The zero-order valence-electron chi connectivity index (χ0n) is 16.7. The number of phenols is 1. The van der Waals surface area contributed by atoms with Gasteiger partial charge in [-0.25, -0.2) is 0 Å². The van der Waals surface area contributed by atoms with Crippen molar-refractivity contribution in [2.24, 2.45) is 0 Å². The van der Waals surface area contributed by atoms with Gasteiger partial charge in [0.05, 0.1) is 32.2 Å². The van der Waals surface area contributed by atoms with E-state index >= 15 is 0 Å². The van der Waals surface area contributed by atoms with Crippen molar-refractivity contribution in [2.45, 2.75) is 6.54 Å². The summed E-state index contributed by atoms with van der Waals surface area (Å²) in [5.41, 5.74) is 4.07. The maximum atomic E-state index is 10.5. The van der Waals surface area contributed by atoms with Gasteiger partial charge in [-0.15, -0.1) is 0 Å². The number of rotatable bonds is 6. The number of para-hydroxylation sites is 1. The predicted octanol–water partition coefficient (Wildman–Crippen LogP) is 5.64. The highest BCUT2D eigenvalue weighted by molar-refractivity contribution is 6.31. The van der Waals surface area contributed by atoms with E-state index < -0.39 is 0 Å². The number of benzene rings is 3. The van der Waals surface area contributed by atoms with Crippen LogP contribution >= 0.6 is 11.6 Å². The van der Waals surface area contributed by atoms with E-state index in [1.807, 2.05) is 59.3 Å². The Hall–Kier alpha value is -3.44. The first-order valence-electron chi connectivity index (χ1n) is 9.42. The number of ether oxygens (including phenoxy) is 2. The molecular weight excluding hydrogens is 400 g/mol. The van der Waals surface area contributed by atoms with Crippen molar-refractivity contribution in [3.8, 4) is 39.8 Å². The van der Waals surface area contributed by atoms with Gasteiger partial charge in [-0.1, -0.05) is 29.8 Å². The maximum Gasteiger partial charge on any atom is 0.125 e. The molecule has 0 unspecified atom stereocenters. The molecule has 0 aliphatic rings. The molecule has 0 bridgehead atoms. The minimum Gasteiger partial charge on any atom is -0.507 e. The van der Waals surface area contributed by atoms with Gasteiger partial charge < -0.3 is 14.6 Å². The molecule has 0 atom stereocenters. The largest absolute Gasteiger partial charge is 0.507 e. The first-order chi connectivity index (χ1) is 14.6. The van der Waals surface area contributed by atoms with Gasteiger partial charge in [-0.2, -0.15) is 5.10 Å². The van der Waals surface area contributed by atoms with E-state index in [1.165, 1.54) is 0 Å². The molecule has 4 aromatic rings. The lowest BCUT2D eigenvalue weighted by Gasteiger charge is -2.12. The average Bonchev–Trinajstić information content (AvgIpc) is 3.19. The highest BCUT2D eigenvalue weighted by atomic mass is 35.5. The molecule has 4 rings (SSSR count). The average molecular weight is 421 g/mol. The second-order valence-corrected chi connectivity index (χ2v) is 7.21. The van der Waals surface area contributed by atoms with Gasteiger partial charge in [0, 0.05) is 21.7 Å². The van der Waals surface area contributed by atoms with Crippen molar-refractivity contribution in [1.82, 2.24) is 9.78 Å². The molecule has 0 aliphatic carbocycles. The van der Waals surface area contributed by atoms with Gasteiger partial charge in [-0.05, 0) is 54.6 Å². The fraction of sp³-hybridized carbons (Fsp3) is 0.125. The second-order valence-electron chi connectivity index (χ2n) is 6.77. The summed E-state index contributed by atoms with van der Waals surface area (Å²) in [7, 11) is 3.28. The summed E-state index contributed by atoms with van der Waals surface area (Å²) < 4.78 is 12.6. The Labute approximate surface area is 180 Å². The molecule has 0 aliphatic heterocycles. The van der Waals surface area contributed by atoms with Gasteiger partial charge >= 0.3 is 0 Å². The van der Waals surface area contributed by atoms with E-state index in [4.69, 9.17) is 26.2 Å². The van der Waals surface area contributed by atoms with E-state index in [9.17, 15) is 5.11 Å². The number of phenolic OH excluding ortho intramolecular Hbond substituents is 1. The second kappa shape index (κ2) is 8.51. The molecule has 1 N–H and O–H groups in total. The highest BCUT2D eigenvalue weighted by Crippen LogP contribution is 2.35. The van der Waals surface area contributed by atoms with Gasteiger partial charge in [0.15, 0.2) is 0 Å². The predicted molar refractivity (Wildman–Crippen MR) is 118 cm³/mol. The quantitative estimate of drug-likeness (QED) is 0.438. The maximum absolute atomic E-state index is 10.5. The van der Waals surface area contributed by atoms with E-state index in [2.05, 4.69) is 0 Å². The molecule has 0 radical (unpaired) electrons. The van der Waals surface area contributed by atoms with Crippen LogP contribution < -0.4 is 9.47 Å². The molecule has 1 aromatic heterocycles. The Kier molecular flexibility index (Phi) is 5.63. The molecule has 0 saturated heterocycles. The molecule has 30 heavy (non-hydrogen) atoms. The van der Waals surface area contributed by atoms with Gasteiger partial charge in [-0.3, -0.25) is 4.68 Å². The van der Waals surface area contributed by atoms with Crippen molar-refractivity contribution >= 4 is 11.6 Å². The van der Waals surface area contributed by atoms with Crippen molar-refractivity contribution in [3.05, 3.63) is 83.4 Å². The lowest BCUT2D eigenvalue weighted by molar-refractivity contribution is 0.407. The number of methoxy groups -OCH3 is 2. The number of aromatic nitrogens is 2. The number of hydrogen-bond acceptors (Lipinski definition) is 4. The Balaban J connectivity index is 1.83. The summed E-state index contributed by atoms with van der Waals surface area (Å²) in [6.07, 6.45) is 0. The molecule has 0 amide bonds. The molecule has 1 heterocycles. The third-order valence-electron chi connectivity index (χ3n) is 4.91. The Morgan fingerprint density at radius 1 is 0.933 bits per heavy atom. The molecule has 5 nitrogen and oxygen atoms in total. The highest BCUT2D eigenvalue weighted by Gasteiger charge is 2.16. The topological polar surface area (TPSA) is 56.5 Å². The smallest absolute Gasteiger partial charge is 0.125 e. The third-order valence-corrected chi connectivity index (χ3v) is 5.15. The summed E-state index contributed by atoms with van der Waals surface area (Å²) in [5, 5.41) is 15.8. The summed E-state index contributed by atoms with van der Waals surface area (Å²) in [4.78, 5) is 0. The van der Waals surface area contributed by atoms with Crippen LogP contribution in [-0.4, -0.2) is 29.1 Å². The molecular formula is C24H21ClN2O3. The minimum absolute atomic E-state index is 0.141. The lowest BCUT2D eigenvalue weighted by Crippen LogP contribution is -2.05. The molecule has 3 aromatic carbocycles. The van der Waals surface area contributed by atoms with E-state index in [1.54, 1.807) is 32.4 Å². The zero-order chi connectivity index (χ0) is 21.1. The number of hydrogen-bond donors (Lipinski definition) is 1. The van der Waals surface area contributed by atoms with Gasteiger partial charge in [0.1, 0.15) is 17.2 Å². The van der Waals surface area contributed by atoms with Crippen molar-refractivity contribution < 1.29 is 14.6 Å². The minimum atomic E-state index is 0.141.